The number of halogens is 1. The van der Waals surface area contributed by atoms with Crippen LogP contribution in [-0.2, 0) is 4.79 Å². The highest BCUT2D eigenvalue weighted by Gasteiger charge is 2.27. The molecule has 5 nitrogen and oxygen atoms in total. The fourth-order valence-electron chi connectivity index (χ4n) is 1.55. The van der Waals surface area contributed by atoms with Gasteiger partial charge < -0.3 is 5.11 Å². The van der Waals surface area contributed by atoms with Crippen molar-refractivity contribution in [1.82, 2.24) is 0 Å². The zero-order valence-corrected chi connectivity index (χ0v) is 11.9. The lowest BCUT2D eigenvalue weighted by Crippen LogP contribution is -2.22. The van der Waals surface area contributed by atoms with Gasteiger partial charge in [0.2, 0.25) is 0 Å². The van der Waals surface area contributed by atoms with E-state index in [9.17, 15) is 20.0 Å². The summed E-state index contributed by atoms with van der Waals surface area (Å²) in [6.45, 7) is 1.84. The first-order valence-corrected chi connectivity index (χ1v) is 7.18. The van der Waals surface area contributed by atoms with E-state index in [-0.39, 0.29) is 16.7 Å². The SMILES string of the molecule is CCSC(=O)C(CCl)C(O)c1ccc([N+](=O)[O-])cc1. The third-order valence-electron chi connectivity index (χ3n) is 2.58. The summed E-state index contributed by atoms with van der Waals surface area (Å²) in [4.78, 5) is 21.8. The Hall–Kier alpha value is -1.11. The van der Waals surface area contributed by atoms with Crippen LogP contribution in [0.3, 0.4) is 0 Å². The normalized spacial score (nSPS) is 13.8. The molecule has 0 saturated carbocycles. The lowest BCUT2D eigenvalue weighted by atomic mass is 9.98. The Morgan fingerprint density at radius 1 is 1.47 bits per heavy atom. The number of benzene rings is 1. The summed E-state index contributed by atoms with van der Waals surface area (Å²) < 4.78 is 0. The minimum absolute atomic E-state index is 0.00396. The summed E-state index contributed by atoms with van der Waals surface area (Å²) >= 11 is 6.83. The number of carbonyl (C=O) groups is 1. The lowest BCUT2D eigenvalue weighted by molar-refractivity contribution is -0.384. The van der Waals surface area contributed by atoms with Gasteiger partial charge in [-0.05, 0) is 23.4 Å². The Morgan fingerprint density at radius 2 is 2.05 bits per heavy atom. The highest BCUT2D eigenvalue weighted by molar-refractivity contribution is 8.13. The largest absolute Gasteiger partial charge is 0.388 e. The van der Waals surface area contributed by atoms with Crippen molar-refractivity contribution in [3.05, 3.63) is 39.9 Å². The predicted molar refractivity (Wildman–Crippen MR) is 75.4 cm³/mol. The van der Waals surface area contributed by atoms with Crippen LogP contribution in [0.4, 0.5) is 5.69 Å². The van der Waals surface area contributed by atoms with Gasteiger partial charge in [-0.25, -0.2) is 0 Å². The maximum atomic E-state index is 11.8. The molecule has 0 fully saturated rings. The van der Waals surface area contributed by atoms with Gasteiger partial charge >= 0.3 is 0 Å². The lowest BCUT2D eigenvalue weighted by Gasteiger charge is -2.19. The average molecular weight is 304 g/mol. The van der Waals surface area contributed by atoms with E-state index in [2.05, 4.69) is 0 Å². The number of aliphatic hydroxyl groups is 1. The van der Waals surface area contributed by atoms with Crippen LogP contribution in [-0.4, -0.2) is 26.8 Å². The van der Waals surface area contributed by atoms with E-state index in [1.807, 2.05) is 6.92 Å². The number of rotatable bonds is 6. The summed E-state index contributed by atoms with van der Waals surface area (Å²) in [5.74, 6) is -0.100. The Bertz CT molecular complexity index is 452. The molecule has 0 spiro atoms. The Kier molecular flexibility index (Phi) is 6.27. The zero-order chi connectivity index (χ0) is 14.4. The first-order valence-electron chi connectivity index (χ1n) is 5.66. The molecule has 0 radical (unpaired) electrons. The Labute approximate surface area is 120 Å². The summed E-state index contributed by atoms with van der Waals surface area (Å²) in [5.41, 5.74) is 0.383. The van der Waals surface area contributed by atoms with Crippen LogP contribution in [0.15, 0.2) is 24.3 Å². The third kappa shape index (κ3) is 4.19. The molecule has 2 unspecified atom stereocenters. The number of nitro benzene ring substituents is 1. The van der Waals surface area contributed by atoms with E-state index >= 15 is 0 Å². The number of nitro groups is 1. The molecule has 0 bridgehead atoms. The smallest absolute Gasteiger partial charge is 0.269 e. The Balaban J connectivity index is 2.88. The van der Waals surface area contributed by atoms with E-state index in [1.165, 1.54) is 24.3 Å². The minimum atomic E-state index is -1.05. The molecule has 0 aromatic heterocycles. The quantitative estimate of drug-likeness (QED) is 0.496. The van der Waals surface area contributed by atoms with E-state index in [0.29, 0.717) is 11.3 Å². The van der Waals surface area contributed by atoms with Gasteiger partial charge in [0.15, 0.2) is 5.12 Å². The molecular weight excluding hydrogens is 290 g/mol. The molecule has 1 aromatic rings. The molecule has 0 aliphatic rings. The van der Waals surface area contributed by atoms with Gasteiger partial charge in [-0.3, -0.25) is 14.9 Å². The number of alkyl halides is 1. The minimum Gasteiger partial charge on any atom is -0.388 e. The van der Waals surface area contributed by atoms with Gasteiger partial charge in [0.05, 0.1) is 16.9 Å². The average Bonchev–Trinajstić information content (AvgIpc) is 2.39. The van der Waals surface area contributed by atoms with Crippen LogP contribution in [0, 0.1) is 16.0 Å². The Morgan fingerprint density at radius 3 is 2.47 bits per heavy atom. The van der Waals surface area contributed by atoms with Crippen molar-refractivity contribution in [1.29, 1.82) is 0 Å². The zero-order valence-electron chi connectivity index (χ0n) is 10.3. The van der Waals surface area contributed by atoms with Crippen LogP contribution < -0.4 is 0 Å². The van der Waals surface area contributed by atoms with Crippen molar-refractivity contribution in [2.24, 2.45) is 5.92 Å². The molecule has 2 atom stereocenters. The van der Waals surface area contributed by atoms with Crippen LogP contribution >= 0.6 is 23.4 Å². The topological polar surface area (TPSA) is 80.4 Å². The fourth-order valence-corrected chi connectivity index (χ4v) is 2.66. The van der Waals surface area contributed by atoms with Crippen molar-refractivity contribution in [3.63, 3.8) is 0 Å². The van der Waals surface area contributed by atoms with Gasteiger partial charge in [0, 0.05) is 18.0 Å². The van der Waals surface area contributed by atoms with Crippen LogP contribution in [0.25, 0.3) is 0 Å². The molecule has 104 valence electrons. The molecular formula is C12H14ClNO4S. The van der Waals surface area contributed by atoms with Gasteiger partial charge in [0.25, 0.3) is 5.69 Å². The standard InChI is InChI=1S/C12H14ClNO4S/c1-2-19-12(16)10(7-13)11(15)8-3-5-9(6-4-8)14(17)18/h3-6,10-11,15H,2,7H2,1H3. The number of hydrogen-bond donors (Lipinski definition) is 1. The number of non-ortho nitro benzene ring substituents is 1. The highest BCUT2D eigenvalue weighted by Crippen LogP contribution is 2.28. The van der Waals surface area contributed by atoms with Crippen molar-refractivity contribution in [2.75, 3.05) is 11.6 Å². The second-order valence-electron chi connectivity index (χ2n) is 3.81. The van der Waals surface area contributed by atoms with Crippen molar-refractivity contribution < 1.29 is 14.8 Å². The highest BCUT2D eigenvalue weighted by atomic mass is 35.5. The number of aliphatic hydroxyl groups excluding tert-OH is 1. The molecule has 19 heavy (non-hydrogen) atoms. The second-order valence-corrected chi connectivity index (χ2v) is 5.38. The van der Waals surface area contributed by atoms with Crippen LogP contribution in [0.1, 0.15) is 18.6 Å². The molecule has 7 heteroatoms. The van der Waals surface area contributed by atoms with E-state index in [4.69, 9.17) is 11.6 Å². The second kappa shape index (κ2) is 7.47. The maximum Gasteiger partial charge on any atom is 0.269 e. The number of carbonyl (C=O) groups excluding carboxylic acids is 1. The summed E-state index contributed by atoms with van der Waals surface area (Å²) in [7, 11) is 0. The first kappa shape index (κ1) is 15.9. The van der Waals surface area contributed by atoms with Gasteiger partial charge in [0.1, 0.15) is 0 Å². The molecule has 1 N–H and O–H groups in total. The number of hydrogen-bond acceptors (Lipinski definition) is 5. The molecule has 0 aliphatic heterocycles. The predicted octanol–water partition coefficient (Wildman–Crippen LogP) is 2.76. The molecule has 0 aliphatic carbocycles. The fraction of sp³-hybridized carbons (Fsp3) is 0.417. The van der Waals surface area contributed by atoms with Crippen LogP contribution in [0.5, 0.6) is 0 Å². The number of nitrogens with zero attached hydrogens (tertiary/aromatic N) is 1. The van der Waals surface area contributed by atoms with Gasteiger partial charge in [-0.1, -0.05) is 18.7 Å². The van der Waals surface area contributed by atoms with Crippen molar-refractivity contribution in [3.8, 4) is 0 Å². The van der Waals surface area contributed by atoms with Gasteiger partial charge in [-0.2, -0.15) is 0 Å². The van der Waals surface area contributed by atoms with Crippen molar-refractivity contribution in [2.45, 2.75) is 13.0 Å². The molecule has 0 saturated heterocycles. The molecule has 0 amide bonds. The van der Waals surface area contributed by atoms with E-state index in [0.717, 1.165) is 11.8 Å². The van der Waals surface area contributed by atoms with E-state index < -0.39 is 16.9 Å². The summed E-state index contributed by atoms with van der Waals surface area (Å²) in [5, 5.41) is 20.5. The van der Waals surface area contributed by atoms with Crippen molar-refractivity contribution >= 4 is 34.2 Å². The third-order valence-corrected chi connectivity index (χ3v) is 3.79. The summed E-state index contributed by atoms with van der Waals surface area (Å²) in [6, 6.07) is 5.46. The first-order chi connectivity index (χ1) is 9.01. The monoisotopic (exact) mass is 303 g/mol. The maximum absolute atomic E-state index is 11.8. The van der Waals surface area contributed by atoms with Crippen LogP contribution in [0.2, 0.25) is 0 Å². The van der Waals surface area contributed by atoms with E-state index in [1.54, 1.807) is 0 Å². The van der Waals surface area contributed by atoms with Gasteiger partial charge in [-0.15, -0.1) is 11.6 Å². The number of thioether (sulfide) groups is 1. The summed E-state index contributed by atoms with van der Waals surface area (Å²) in [6.07, 6.45) is -1.05. The molecule has 1 rings (SSSR count). The molecule has 1 aromatic carbocycles. The molecule has 0 heterocycles.